The molecule has 0 heterocycles. The van der Waals surface area contributed by atoms with Crippen molar-refractivity contribution in [3.05, 3.63) is 0 Å². The summed E-state index contributed by atoms with van der Waals surface area (Å²) in [6, 6.07) is 0. The predicted octanol–water partition coefficient (Wildman–Crippen LogP) is 3.65. The van der Waals surface area contributed by atoms with Crippen LogP contribution in [0, 0.1) is 0 Å². The van der Waals surface area contributed by atoms with Gasteiger partial charge in [0.15, 0.2) is 0 Å². The summed E-state index contributed by atoms with van der Waals surface area (Å²) in [6.07, 6.45) is -5.10. The number of halogens is 7. The van der Waals surface area contributed by atoms with Crippen LogP contribution in [0.4, 0.5) is 17.6 Å². The van der Waals surface area contributed by atoms with Crippen LogP contribution in [0.15, 0.2) is 0 Å². The van der Waals surface area contributed by atoms with Crippen molar-refractivity contribution in [1.82, 2.24) is 0 Å². The van der Waals surface area contributed by atoms with Crippen LogP contribution < -0.4 is 0 Å². The fourth-order valence-corrected chi connectivity index (χ4v) is 0.356. The van der Waals surface area contributed by atoms with Crippen molar-refractivity contribution in [2.45, 2.75) is 22.6 Å². The Morgan fingerprint density at radius 1 is 0.909 bits per heavy atom. The minimum atomic E-state index is -5.10. The number of hydrogen-bond acceptors (Lipinski definition) is 0. The molecule has 1 atom stereocenters. The van der Waals surface area contributed by atoms with E-state index in [2.05, 4.69) is 34.8 Å². The zero-order valence-corrected chi connectivity index (χ0v) is 7.41. The monoisotopic (exact) mass is 232 g/mol. The maximum Gasteiger partial charge on any atom is 0.425 e. The first-order valence-electron chi connectivity index (χ1n) is 2.32. The standard InChI is InChI=1S/C4H3Cl3F4/c1-2(5,8)3(6,7)4(9,10)11/h1H3. The van der Waals surface area contributed by atoms with E-state index in [-0.39, 0.29) is 0 Å². The van der Waals surface area contributed by atoms with E-state index in [1.165, 1.54) is 0 Å². The third-order valence-electron chi connectivity index (χ3n) is 0.907. The van der Waals surface area contributed by atoms with Crippen LogP contribution in [0.25, 0.3) is 0 Å². The number of alkyl halides is 7. The molecule has 0 aliphatic heterocycles. The van der Waals surface area contributed by atoms with E-state index in [1.807, 2.05) is 0 Å². The Labute approximate surface area is 75.4 Å². The van der Waals surface area contributed by atoms with E-state index >= 15 is 0 Å². The Morgan fingerprint density at radius 2 is 1.18 bits per heavy atom. The van der Waals surface area contributed by atoms with Crippen molar-refractivity contribution in [2.75, 3.05) is 0 Å². The molecule has 0 N–H and O–H groups in total. The lowest BCUT2D eigenvalue weighted by Gasteiger charge is -2.29. The second-order valence-corrected chi connectivity index (χ2v) is 4.00. The first kappa shape index (κ1) is 11.6. The van der Waals surface area contributed by atoms with Crippen molar-refractivity contribution in [3.63, 3.8) is 0 Å². The van der Waals surface area contributed by atoms with E-state index in [0.29, 0.717) is 6.92 Å². The molecule has 0 rings (SSSR count). The maximum atomic E-state index is 12.4. The molecule has 0 aromatic heterocycles. The molecule has 0 fully saturated rings. The Kier molecular flexibility index (Phi) is 2.97. The molecule has 0 aliphatic rings. The first-order valence-corrected chi connectivity index (χ1v) is 3.46. The SMILES string of the molecule is CC(F)(Cl)C(Cl)(Cl)C(F)(F)F. The quantitative estimate of drug-likeness (QED) is 0.479. The molecule has 0 saturated heterocycles. The first-order chi connectivity index (χ1) is 4.50. The lowest BCUT2D eigenvalue weighted by molar-refractivity contribution is -0.157. The molecule has 0 saturated carbocycles. The minimum absolute atomic E-state index is 0.433. The zero-order chi connectivity index (χ0) is 9.50. The van der Waals surface area contributed by atoms with Crippen LogP contribution in [0.3, 0.4) is 0 Å². The van der Waals surface area contributed by atoms with Crippen LogP contribution in [-0.4, -0.2) is 15.6 Å². The van der Waals surface area contributed by atoms with Gasteiger partial charge < -0.3 is 0 Å². The molecule has 7 heteroatoms. The molecule has 11 heavy (non-hydrogen) atoms. The van der Waals surface area contributed by atoms with Crippen molar-refractivity contribution in [3.8, 4) is 0 Å². The Balaban J connectivity index is 4.75. The summed E-state index contributed by atoms with van der Waals surface area (Å²) < 4.78 is 44.1. The van der Waals surface area contributed by atoms with E-state index < -0.39 is 15.6 Å². The molecule has 0 aromatic carbocycles. The normalized spacial score (nSPS) is 19.6. The van der Waals surface area contributed by atoms with Crippen LogP contribution >= 0.6 is 34.8 Å². The van der Waals surface area contributed by atoms with Crippen molar-refractivity contribution >= 4 is 34.8 Å². The van der Waals surface area contributed by atoms with E-state index in [1.54, 1.807) is 0 Å². The fraction of sp³-hybridized carbons (Fsp3) is 1.00. The number of rotatable bonds is 1. The largest absolute Gasteiger partial charge is 0.425 e. The molecule has 0 aromatic rings. The van der Waals surface area contributed by atoms with Gasteiger partial charge in [0.05, 0.1) is 0 Å². The van der Waals surface area contributed by atoms with Gasteiger partial charge >= 0.3 is 6.18 Å². The molecule has 0 nitrogen and oxygen atoms in total. The Hall–Kier alpha value is 0.590. The average Bonchev–Trinajstić information content (AvgIpc) is 1.58. The van der Waals surface area contributed by atoms with Gasteiger partial charge in [-0.3, -0.25) is 0 Å². The molecule has 0 bridgehead atoms. The van der Waals surface area contributed by atoms with Gasteiger partial charge in [0.2, 0.25) is 5.13 Å². The summed E-state index contributed by atoms with van der Waals surface area (Å²) in [5.74, 6) is 0. The molecule has 68 valence electrons. The molecular formula is C4H3Cl3F4. The van der Waals surface area contributed by atoms with E-state index in [4.69, 9.17) is 0 Å². The summed E-state index contributed by atoms with van der Waals surface area (Å²) in [4.78, 5) is 0. The molecular weight excluding hydrogens is 230 g/mol. The summed E-state index contributed by atoms with van der Waals surface area (Å²) in [5.41, 5.74) is 0. The summed E-state index contributed by atoms with van der Waals surface area (Å²) in [5, 5.41) is -3.24. The molecule has 0 amide bonds. The summed E-state index contributed by atoms with van der Waals surface area (Å²) in [7, 11) is 0. The molecule has 0 spiro atoms. The smallest absolute Gasteiger partial charge is 0.223 e. The van der Waals surface area contributed by atoms with E-state index in [0.717, 1.165) is 0 Å². The Morgan fingerprint density at radius 3 is 1.18 bits per heavy atom. The van der Waals surface area contributed by atoms with E-state index in [9.17, 15) is 17.6 Å². The molecule has 0 aliphatic carbocycles. The lowest BCUT2D eigenvalue weighted by atomic mass is 10.3. The van der Waals surface area contributed by atoms with Crippen molar-refractivity contribution in [1.29, 1.82) is 0 Å². The lowest BCUT2D eigenvalue weighted by Crippen LogP contribution is -2.47. The fourth-order valence-electron chi connectivity index (χ4n) is 0.249. The average molecular weight is 233 g/mol. The van der Waals surface area contributed by atoms with Crippen molar-refractivity contribution in [2.24, 2.45) is 0 Å². The molecule has 0 radical (unpaired) electrons. The summed E-state index contributed by atoms with van der Waals surface area (Å²) in [6.45, 7) is 0.433. The van der Waals surface area contributed by atoms with Gasteiger partial charge in [-0.05, 0) is 6.92 Å². The Bertz CT molecular complexity index is 128. The molecule has 1 unspecified atom stereocenters. The topological polar surface area (TPSA) is 0 Å². The van der Waals surface area contributed by atoms with Gasteiger partial charge in [-0.1, -0.05) is 34.8 Å². The maximum absolute atomic E-state index is 12.4. The van der Waals surface area contributed by atoms with Gasteiger partial charge in [0, 0.05) is 0 Å². The van der Waals surface area contributed by atoms with Gasteiger partial charge in [-0.15, -0.1) is 0 Å². The second kappa shape index (κ2) is 2.82. The third kappa shape index (κ3) is 2.26. The van der Waals surface area contributed by atoms with Gasteiger partial charge in [-0.2, -0.15) is 13.2 Å². The predicted molar refractivity (Wildman–Crippen MR) is 35.9 cm³/mol. The van der Waals surface area contributed by atoms with Gasteiger partial charge in [-0.25, -0.2) is 4.39 Å². The van der Waals surface area contributed by atoms with Crippen LogP contribution in [0.1, 0.15) is 6.92 Å². The number of hydrogen-bond donors (Lipinski definition) is 0. The minimum Gasteiger partial charge on any atom is -0.223 e. The third-order valence-corrected chi connectivity index (χ3v) is 2.52. The van der Waals surface area contributed by atoms with Gasteiger partial charge in [0.1, 0.15) is 0 Å². The van der Waals surface area contributed by atoms with Crippen molar-refractivity contribution < 1.29 is 17.6 Å². The van der Waals surface area contributed by atoms with Crippen LogP contribution in [0.2, 0.25) is 0 Å². The highest BCUT2D eigenvalue weighted by molar-refractivity contribution is 6.53. The summed E-state index contributed by atoms with van der Waals surface area (Å²) >= 11 is 13.9. The zero-order valence-electron chi connectivity index (χ0n) is 5.15. The highest BCUT2D eigenvalue weighted by Gasteiger charge is 2.64. The highest BCUT2D eigenvalue weighted by atomic mass is 35.5. The van der Waals surface area contributed by atoms with Crippen LogP contribution in [-0.2, 0) is 0 Å². The van der Waals surface area contributed by atoms with Gasteiger partial charge in [0.25, 0.3) is 4.33 Å². The second-order valence-electron chi connectivity index (χ2n) is 1.96. The van der Waals surface area contributed by atoms with Crippen LogP contribution in [0.5, 0.6) is 0 Å². The highest BCUT2D eigenvalue weighted by Crippen LogP contribution is 2.50.